The molecule has 0 saturated carbocycles. The molecule has 0 saturated heterocycles. The number of ether oxygens (including phenoxy) is 3. The molecule has 0 atom stereocenters. The van der Waals surface area contributed by atoms with Gasteiger partial charge in [0.15, 0.2) is 18.1 Å². The Labute approximate surface area is 136 Å². The number of anilines is 1. The highest BCUT2D eigenvalue weighted by Crippen LogP contribution is 2.27. The van der Waals surface area contributed by atoms with Gasteiger partial charge in [0.05, 0.1) is 18.9 Å². The zero-order chi connectivity index (χ0) is 16.5. The van der Waals surface area contributed by atoms with Gasteiger partial charge >= 0.3 is 0 Å². The Kier molecular flexibility index (Phi) is 6.29. The quantitative estimate of drug-likeness (QED) is 0.810. The molecule has 1 amide bonds. The van der Waals surface area contributed by atoms with E-state index in [2.05, 4.69) is 5.32 Å². The standard InChI is InChI=1S/C18H21NO4/c1-3-21-15-10-6-5-9-14(15)19-18(20)13-23-17-12-8-7-11-16(17)22-4-2/h5-12H,3-4,13H2,1-2H3,(H,19,20). The Balaban J connectivity index is 1.96. The van der Waals surface area contributed by atoms with Crippen molar-refractivity contribution in [2.75, 3.05) is 25.1 Å². The molecule has 0 aliphatic heterocycles. The van der Waals surface area contributed by atoms with Gasteiger partial charge < -0.3 is 19.5 Å². The summed E-state index contributed by atoms with van der Waals surface area (Å²) in [5.74, 6) is 1.54. The van der Waals surface area contributed by atoms with Gasteiger partial charge in [-0.1, -0.05) is 24.3 Å². The monoisotopic (exact) mass is 315 g/mol. The average molecular weight is 315 g/mol. The van der Waals surface area contributed by atoms with Crippen molar-refractivity contribution in [1.29, 1.82) is 0 Å². The summed E-state index contributed by atoms with van der Waals surface area (Å²) in [6.45, 7) is 4.75. The molecule has 0 spiro atoms. The number of benzene rings is 2. The van der Waals surface area contributed by atoms with E-state index in [0.717, 1.165) is 0 Å². The van der Waals surface area contributed by atoms with Crippen molar-refractivity contribution in [3.05, 3.63) is 48.5 Å². The molecule has 0 heterocycles. The number of para-hydroxylation sites is 4. The van der Waals surface area contributed by atoms with Crippen molar-refractivity contribution >= 4 is 11.6 Å². The van der Waals surface area contributed by atoms with Crippen molar-refractivity contribution in [2.45, 2.75) is 13.8 Å². The van der Waals surface area contributed by atoms with Crippen LogP contribution in [0.2, 0.25) is 0 Å². The maximum Gasteiger partial charge on any atom is 0.262 e. The topological polar surface area (TPSA) is 56.8 Å². The summed E-state index contributed by atoms with van der Waals surface area (Å²) in [4.78, 5) is 12.1. The molecule has 0 bridgehead atoms. The van der Waals surface area contributed by atoms with Crippen LogP contribution < -0.4 is 19.5 Å². The van der Waals surface area contributed by atoms with Crippen LogP contribution in [0, 0.1) is 0 Å². The Hall–Kier alpha value is -2.69. The lowest BCUT2D eigenvalue weighted by atomic mass is 10.3. The molecule has 2 rings (SSSR count). The Morgan fingerprint density at radius 1 is 0.826 bits per heavy atom. The van der Waals surface area contributed by atoms with Crippen LogP contribution in [0.4, 0.5) is 5.69 Å². The first kappa shape index (κ1) is 16.7. The molecule has 23 heavy (non-hydrogen) atoms. The van der Waals surface area contributed by atoms with Crippen LogP contribution >= 0.6 is 0 Å². The summed E-state index contributed by atoms with van der Waals surface area (Å²) in [6.07, 6.45) is 0. The second-order valence-corrected chi connectivity index (χ2v) is 4.65. The van der Waals surface area contributed by atoms with Crippen molar-refractivity contribution in [2.24, 2.45) is 0 Å². The zero-order valence-electron chi connectivity index (χ0n) is 13.4. The van der Waals surface area contributed by atoms with Gasteiger partial charge in [-0.25, -0.2) is 0 Å². The SMILES string of the molecule is CCOc1ccccc1NC(=O)COc1ccccc1OCC. The largest absolute Gasteiger partial charge is 0.492 e. The fourth-order valence-electron chi connectivity index (χ4n) is 2.03. The zero-order valence-corrected chi connectivity index (χ0v) is 13.4. The molecule has 2 aromatic rings. The molecule has 1 N–H and O–H groups in total. The van der Waals surface area contributed by atoms with E-state index in [1.807, 2.05) is 44.2 Å². The van der Waals surface area contributed by atoms with Gasteiger partial charge in [-0.2, -0.15) is 0 Å². The molecule has 0 radical (unpaired) electrons. The van der Waals surface area contributed by atoms with Crippen molar-refractivity contribution < 1.29 is 19.0 Å². The van der Waals surface area contributed by atoms with Gasteiger partial charge in [0.2, 0.25) is 0 Å². The highest BCUT2D eigenvalue weighted by Gasteiger charge is 2.10. The molecule has 5 heteroatoms. The molecule has 0 fully saturated rings. The lowest BCUT2D eigenvalue weighted by molar-refractivity contribution is -0.118. The summed E-state index contributed by atoms with van der Waals surface area (Å²) in [5.41, 5.74) is 0.626. The van der Waals surface area contributed by atoms with Gasteiger partial charge in [0.25, 0.3) is 5.91 Å². The predicted molar refractivity (Wildman–Crippen MR) is 89.3 cm³/mol. The van der Waals surface area contributed by atoms with Crippen LogP contribution in [0.1, 0.15) is 13.8 Å². The van der Waals surface area contributed by atoms with E-state index >= 15 is 0 Å². The van der Waals surface area contributed by atoms with Crippen molar-refractivity contribution in [3.8, 4) is 17.2 Å². The highest BCUT2D eigenvalue weighted by molar-refractivity contribution is 5.93. The summed E-state index contributed by atoms with van der Waals surface area (Å²) in [5, 5.41) is 2.79. The highest BCUT2D eigenvalue weighted by atomic mass is 16.5. The van der Waals surface area contributed by atoms with Gasteiger partial charge in [-0.15, -0.1) is 0 Å². The number of amides is 1. The van der Waals surface area contributed by atoms with Crippen molar-refractivity contribution in [3.63, 3.8) is 0 Å². The summed E-state index contributed by atoms with van der Waals surface area (Å²) < 4.78 is 16.5. The lowest BCUT2D eigenvalue weighted by Gasteiger charge is -2.13. The first-order valence-corrected chi connectivity index (χ1v) is 7.60. The number of nitrogens with one attached hydrogen (secondary N) is 1. The van der Waals surface area contributed by atoms with E-state index in [1.54, 1.807) is 18.2 Å². The number of hydrogen-bond acceptors (Lipinski definition) is 4. The molecule has 2 aromatic carbocycles. The first-order chi connectivity index (χ1) is 11.2. The van der Waals surface area contributed by atoms with Crippen LogP contribution in [0.5, 0.6) is 17.2 Å². The molecule has 0 aromatic heterocycles. The maximum atomic E-state index is 12.1. The molecular formula is C18H21NO4. The van der Waals surface area contributed by atoms with Crippen LogP contribution in [-0.4, -0.2) is 25.7 Å². The van der Waals surface area contributed by atoms with E-state index < -0.39 is 0 Å². The van der Waals surface area contributed by atoms with Gasteiger partial charge in [-0.05, 0) is 38.1 Å². The van der Waals surface area contributed by atoms with Gasteiger partial charge in [0.1, 0.15) is 5.75 Å². The number of carbonyl (C=O) groups excluding carboxylic acids is 1. The fraction of sp³-hybridized carbons (Fsp3) is 0.278. The third kappa shape index (κ3) is 4.92. The number of rotatable bonds is 8. The fourth-order valence-corrected chi connectivity index (χ4v) is 2.03. The first-order valence-electron chi connectivity index (χ1n) is 7.60. The lowest BCUT2D eigenvalue weighted by Crippen LogP contribution is -2.20. The third-order valence-corrected chi connectivity index (χ3v) is 2.97. The van der Waals surface area contributed by atoms with Gasteiger partial charge in [-0.3, -0.25) is 4.79 Å². The van der Waals surface area contributed by atoms with E-state index in [4.69, 9.17) is 14.2 Å². The Morgan fingerprint density at radius 3 is 2.00 bits per heavy atom. The minimum absolute atomic E-state index is 0.107. The van der Waals surface area contributed by atoms with Crippen LogP contribution in [-0.2, 0) is 4.79 Å². The van der Waals surface area contributed by atoms with E-state index in [9.17, 15) is 4.79 Å². The van der Waals surface area contributed by atoms with Crippen LogP contribution in [0.15, 0.2) is 48.5 Å². The molecule has 0 aliphatic carbocycles. The van der Waals surface area contributed by atoms with E-state index in [-0.39, 0.29) is 12.5 Å². The summed E-state index contributed by atoms with van der Waals surface area (Å²) in [7, 11) is 0. The third-order valence-electron chi connectivity index (χ3n) is 2.97. The molecular weight excluding hydrogens is 294 g/mol. The van der Waals surface area contributed by atoms with Crippen LogP contribution in [0.3, 0.4) is 0 Å². The normalized spacial score (nSPS) is 10.0. The minimum atomic E-state index is -0.261. The van der Waals surface area contributed by atoms with E-state index in [1.165, 1.54) is 0 Å². The summed E-state index contributed by atoms with van der Waals surface area (Å²) >= 11 is 0. The predicted octanol–water partition coefficient (Wildman–Crippen LogP) is 3.50. The van der Waals surface area contributed by atoms with Crippen molar-refractivity contribution in [1.82, 2.24) is 0 Å². The number of carbonyl (C=O) groups is 1. The molecule has 5 nitrogen and oxygen atoms in total. The average Bonchev–Trinajstić information content (AvgIpc) is 2.56. The van der Waals surface area contributed by atoms with Gasteiger partial charge in [0, 0.05) is 0 Å². The molecule has 122 valence electrons. The van der Waals surface area contributed by atoms with E-state index in [0.29, 0.717) is 36.1 Å². The Morgan fingerprint density at radius 2 is 1.35 bits per heavy atom. The number of hydrogen-bond donors (Lipinski definition) is 1. The van der Waals surface area contributed by atoms with Crippen LogP contribution in [0.25, 0.3) is 0 Å². The second kappa shape index (κ2) is 8.68. The smallest absolute Gasteiger partial charge is 0.262 e. The Bertz CT molecular complexity index is 642. The second-order valence-electron chi connectivity index (χ2n) is 4.65. The minimum Gasteiger partial charge on any atom is -0.492 e. The molecule has 0 aliphatic rings. The molecule has 0 unspecified atom stereocenters. The maximum absolute atomic E-state index is 12.1. The summed E-state index contributed by atoms with van der Waals surface area (Å²) in [6, 6.07) is 14.6.